The topological polar surface area (TPSA) is 81.5 Å². The summed E-state index contributed by atoms with van der Waals surface area (Å²) in [4.78, 5) is 10.1. The van der Waals surface area contributed by atoms with Crippen LogP contribution >= 0.6 is 0 Å². The Hall–Kier alpha value is -0.610. The molecule has 0 spiro atoms. The van der Waals surface area contributed by atoms with E-state index in [2.05, 4.69) is 4.74 Å². The molecule has 0 bridgehead atoms. The average Bonchev–Trinajstić information content (AvgIpc) is 1.83. The minimum absolute atomic E-state index is 0. The Morgan fingerprint density at radius 2 is 2.22 bits per heavy atom. The second-order valence-electron chi connectivity index (χ2n) is 1.38. The number of esters is 1. The van der Waals surface area contributed by atoms with Crippen molar-refractivity contribution in [3.63, 3.8) is 0 Å². The van der Waals surface area contributed by atoms with E-state index >= 15 is 0 Å². The molecule has 9 heavy (non-hydrogen) atoms. The van der Waals surface area contributed by atoms with Crippen molar-refractivity contribution in [3.8, 4) is 0 Å². The van der Waals surface area contributed by atoms with E-state index in [4.69, 9.17) is 5.11 Å². The predicted molar refractivity (Wildman–Crippen MR) is 33.4 cm³/mol. The van der Waals surface area contributed by atoms with Gasteiger partial charge in [-0.2, -0.15) is 0 Å². The molecule has 0 saturated carbocycles. The van der Waals surface area contributed by atoms with E-state index in [1.165, 1.54) is 0 Å². The third-order valence-corrected chi connectivity index (χ3v) is 0.596. The minimum atomic E-state index is -0.549. The van der Waals surface area contributed by atoms with Gasteiger partial charge in [0.25, 0.3) is 0 Å². The number of hydrogen-bond acceptors (Lipinski definition) is 4. The molecule has 0 fully saturated rings. The number of aliphatic hydroxyl groups excluding tert-OH is 1. The van der Waals surface area contributed by atoms with Crippen LogP contribution in [0.1, 0.15) is 13.3 Å². The van der Waals surface area contributed by atoms with Gasteiger partial charge in [0.1, 0.15) is 6.61 Å². The van der Waals surface area contributed by atoms with Crippen molar-refractivity contribution in [1.29, 1.82) is 0 Å². The van der Waals surface area contributed by atoms with E-state index in [0.29, 0.717) is 6.61 Å². The third kappa shape index (κ3) is 7.39. The fraction of sp³-hybridized carbons (Fsp3) is 0.800. The van der Waals surface area contributed by atoms with E-state index in [1.54, 1.807) is 0 Å². The number of ether oxygens (including phenoxy) is 1. The van der Waals surface area contributed by atoms with Gasteiger partial charge < -0.3 is 16.0 Å². The molecule has 4 nitrogen and oxygen atoms in total. The Morgan fingerprint density at radius 3 is 2.56 bits per heavy atom. The largest absolute Gasteiger partial charge is 0.464 e. The van der Waals surface area contributed by atoms with Gasteiger partial charge >= 0.3 is 5.97 Å². The first-order chi connectivity index (χ1) is 3.81. The monoisotopic (exact) mass is 135 g/mol. The molecule has 4 heteroatoms. The van der Waals surface area contributed by atoms with Crippen LogP contribution in [-0.2, 0) is 9.53 Å². The van der Waals surface area contributed by atoms with Crippen LogP contribution in [0, 0.1) is 0 Å². The standard InChI is InChI=1S/C5H10O3.H3N/c1-2-3-8-5(7)4-6;/h6H,2-4H2,1H3;1H3. The molecule has 0 rings (SSSR count). The molecule has 0 atom stereocenters. The normalized spacial score (nSPS) is 7.78. The van der Waals surface area contributed by atoms with Crippen LogP contribution in [0.15, 0.2) is 0 Å². The number of hydrogen-bond donors (Lipinski definition) is 2. The van der Waals surface area contributed by atoms with Gasteiger partial charge in [-0.1, -0.05) is 6.92 Å². The first kappa shape index (κ1) is 11.2. The Morgan fingerprint density at radius 1 is 1.67 bits per heavy atom. The van der Waals surface area contributed by atoms with E-state index in [1.807, 2.05) is 6.92 Å². The lowest BCUT2D eigenvalue weighted by Crippen LogP contribution is -2.08. The summed E-state index contributed by atoms with van der Waals surface area (Å²) in [6.07, 6.45) is 0.797. The van der Waals surface area contributed by atoms with Crippen molar-refractivity contribution in [2.24, 2.45) is 0 Å². The molecule has 0 aliphatic heterocycles. The molecular formula is C5H13NO3. The van der Waals surface area contributed by atoms with Gasteiger partial charge in [-0.25, -0.2) is 4.79 Å². The fourth-order valence-corrected chi connectivity index (χ4v) is 0.262. The molecule has 0 aliphatic carbocycles. The van der Waals surface area contributed by atoms with Crippen molar-refractivity contribution < 1.29 is 14.6 Å². The molecule has 0 heterocycles. The minimum Gasteiger partial charge on any atom is -0.464 e. The summed E-state index contributed by atoms with van der Waals surface area (Å²) in [6, 6.07) is 0. The maximum atomic E-state index is 10.1. The first-order valence-electron chi connectivity index (χ1n) is 2.57. The Balaban J connectivity index is 0. The van der Waals surface area contributed by atoms with Gasteiger partial charge in [0.2, 0.25) is 0 Å². The summed E-state index contributed by atoms with van der Waals surface area (Å²) >= 11 is 0. The van der Waals surface area contributed by atoms with E-state index in [0.717, 1.165) is 6.42 Å². The van der Waals surface area contributed by atoms with Crippen molar-refractivity contribution in [1.82, 2.24) is 6.15 Å². The summed E-state index contributed by atoms with van der Waals surface area (Å²) in [5.41, 5.74) is 0. The van der Waals surface area contributed by atoms with E-state index < -0.39 is 12.6 Å². The third-order valence-electron chi connectivity index (χ3n) is 0.596. The molecule has 56 valence electrons. The lowest BCUT2D eigenvalue weighted by Gasteiger charge is -1.96. The summed E-state index contributed by atoms with van der Waals surface area (Å²) in [7, 11) is 0. The van der Waals surface area contributed by atoms with E-state index in [-0.39, 0.29) is 6.15 Å². The summed E-state index contributed by atoms with van der Waals surface area (Å²) in [5, 5.41) is 8.09. The molecule has 4 N–H and O–H groups in total. The molecule has 0 amide bonds. The van der Waals surface area contributed by atoms with Crippen molar-refractivity contribution >= 4 is 5.97 Å². The Kier molecular flexibility index (Phi) is 9.21. The molecule has 0 saturated heterocycles. The van der Waals surface area contributed by atoms with Crippen molar-refractivity contribution in [2.45, 2.75) is 13.3 Å². The quantitative estimate of drug-likeness (QED) is 0.537. The van der Waals surface area contributed by atoms with Crippen LogP contribution in [-0.4, -0.2) is 24.3 Å². The fourth-order valence-electron chi connectivity index (χ4n) is 0.262. The predicted octanol–water partition coefficient (Wildman–Crippen LogP) is 0.0939. The smallest absolute Gasteiger partial charge is 0.331 e. The maximum absolute atomic E-state index is 10.1. The number of aliphatic hydroxyl groups is 1. The highest BCUT2D eigenvalue weighted by Gasteiger charge is 1.94. The lowest BCUT2D eigenvalue weighted by atomic mass is 10.5. The summed E-state index contributed by atoms with van der Waals surface area (Å²) in [6.45, 7) is 1.78. The zero-order chi connectivity index (χ0) is 6.41. The van der Waals surface area contributed by atoms with Gasteiger partial charge in [-0.3, -0.25) is 0 Å². The second kappa shape index (κ2) is 7.39. The van der Waals surface area contributed by atoms with E-state index in [9.17, 15) is 4.79 Å². The molecular weight excluding hydrogens is 122 g/mol. The van der Waals surface area contributed by atoms with Crippen LogP contribution in [0.3, 0.4) is 0 Å². The van der Waals surface area contributed by atoms with Gasteiger partial charge in [0.15, 0.2) is 0 Å². The SMILES string of the molecule is CCCOC(=O)CO.N. The molecule has 0 aliphatic rings. The summed E-state index contributed by atoms with van der Waals surface area (Å²) in [5.74, 6) is -0.549. The number of rotatable bonds is 3. The van der Waals surface area contributed by atoms with Gasteiger partial charge in [-0.05, 0) is 6.42 Å². The number of carbonyl (C=O) groups is 1. The van der Waals surface area contributed by atoms with Crippen LogP contribution in [0.5, 0.6) is 0 Å². The maximum Gasteiger partial charge on any atom is 0.331 e. The second-order valence-corrected chi connectivity index (χ2v) is 1.38. The Labute approximate surface area is 54.4 Å². The van der Waals surface area contributed by atoms with Crippen LogP contribution in [0.4, 0.5) is 0 Å². The highest BCUT2D eigenvalue weighted by atomic mass is 16.5. The van der Waals surface area contributed by atoms with Gasteiger partial charge in [0.05, 0.1) is 6.61 Å². The highest BCUT2D eigenvalue weighted by molar-refractivity contribution is 5.70. The average molecular weight is 135 g/mol. The molecule has 0 aromatic rings. The zero-order valence-electron chi connectivity index (χ0n) is 5.59. The molecule has 0 radical (unpaired) electrons. The molecule has 0 aromatic heterocycles. The molecule has 0 unspecified atom stereocenters. The van der Waals surface area contributed by atoms with Crippen LogP contribution in [0.2, 0.25) is 0 Å². The summed E-state index contributed by atoms with van der Waals surface area (Å²) < 4.78 is 4.45. The Bertz CT molecular complexity index is 74.6. The zero-order valence-corrected chi connectivity index (χ0v) is 5.59. The van der Waals surface area contributed by atoms with Crippen molar-refractivity contribution in [3.05, 3.63) is 0 Å². The lowest BCUT2D eigenvalue weighted by molar-refractivity contribution is -0.146. The van der Waals surface area contributed by atoms with Crippen LogP contribution in [0.25, 0.3) is 0 Å². The number of carbonyl (C=O) groups excluding carboxylic acids is 1. The van der Waals surface area contributed by atoms with Crippen LogP contribution < -0.4 is 6.15 Å². The highest BCUT2D eigenvalue weighted by Crippen LogP contribution is 1.79. The first-order valence-corrected chi connectivity index (χ1v) is 2.57. The van der Waals surface area contributed by atoms with Crippen molar-refractivity contribution in [2.75, 3.05) is 13.2 Å². The molecule has 0 aromatic carbocycles. The van der Waals surface area contributed by atoms with Gasteiger partial charge in [-0.15, -0.1) is 0 Å². The van der Waals surface area contributed by atoms with Gasteiger partial charge in [0, 0.05) is 0 Å².